The number of para-hydroxylation sites is 1. The maximum Gasteiger partial charge on any atom is 0.261 e. The van der Waals surface area contributed by atoms with Crippen molar-refractivity contribution in [1.82, 2.24) is 15.0 Å². The van der Waals surface area contributed by atoms with E-state index in [1.807, 2.05) is 29.2 Å². The molecule has 7 heteroatoms. The van der Waals surface area contributed by atoms with Crippen LogP contribution < -0.4 is 4.74 Å². The molecule has 3 aliphatic rings. The van der Waals surface area contributed by atoms with Gasteiger partial charge >= 0.3 is 0 Å². The number of ether oxygens (including phenoxy) is 2. The van der Waals surface area contributed by atoms with Gasteiger partial charge in [-0.05, 0) is 43.7 Å². The first-order valence-corrected chi connectivity index (χ1v) is 11.7. The first-order chi connectivity index (χ1) is 15.3. The predicted molar refractivity (Wildman–Crippen MR) is 115 cm³/mol. The van der Waals surface area contributed by atoms with Crippen molar-refractivity contribution >= 4 is 5.91 Å². The summed E-state index contributed by atoms with van der Waals surface area (Å²) in [5.74, 6) is 3.12. The van der Waals surface area contributed by atoms with Crippen LogP contribution in [0.1, 0.15) is 63.1 Å². The van der Waals surface area contributed by atoms with Crippen LogP contribution in [0.25, 0.3) is 11.5 Å². The molecule has 1 aromatic heterocycles. The highest BCUT2D eigenvalue weighted by Crippen LogP contribution is 2.33. The molecule has 1 aromatic carbocycles. The third-order valence-corrected chi connectivity index (χ3v) is 6.88. The molecule has 0 radical (unpaired) electrons. The Bertz CT molecular complexity index is 886. The Morgan fingerprint density at radius 2 is 1.90 bits per heavy atom. The van der Waals surface area contributed by atoms with E-state index in [9.17, 15) is 4.79 Å². The smallest absolute Gasteiger partial charge is 0.261 e. The second-order valence-electron chi connectivity index (χ2n) is 9.06. The number of carbonyl (C=O) groups is 1. The van der Waals surface area contributed by atoms with E-state index < -0.39 is 0 Å². The zero-order valence-corrected chi connectivity index (χ0v) is 18.0. The standard InChI is InChI=1S/C24H31N3O4/c28-22(15-17-5-1-2-6-17)27-12-9-19(16-27)30-21-8-4-3-7-20(21)24-25-23(26-31-24)18-10-13-29-14-11-18/h3-4,7-8,17-19H,1-2,5-6,9-16H2. The van der Waals surface area contributed by atoms with Crippen LogP contribution in [0.5, 0.6) is 5.75 Å². The lowest BCUT2D eigenvalue weighted by molar-refractivity contribution is -0.131. The summed E-state index contributed by atoms with van der Waals surface area (Å²) in [5.41, 5.74) is 0.809. The first kappa shape index (κ1) is 20.5. The van der Waals surface area contributed by atoms with Crippen LogP contribution in [-0.4, -0.2) is 53.4 Å². The molecule has 0 spiro atoms. The molecule has 2 saturated heterocycles. The van der Waals surface area contributed by atoms with Crippen molar-refractivity contribution < 1.29 is 18.8 Å². The fourth-order valence-corrected chi connectivity index (χ4v) is 5.03. The molecule has 3 heterocycles. The number of carbonyl (C=O) groups excluding carboxylic acids is 1. The van der Waals surface area contributed by atoms with Crippen molar-refractivity contribution in [3.05, 3.63) is 30.1 Å². The van der Waals surface area contributed by atoms with Crippen molar-refractivity contribution in [3.63, 3.8) is 0 Å². The summed E-state index contributed by atoms with van der Waals surface area (Å²) < 4.78 is 17.4. The van der Waals surface area contributed by atoms with Crippen LogP contribution in [0.2, 0.25) is 0 Å². The Kier molecular flexibility index (Phi) is 6.20. The van der Waals surface area contributed by atoms with E-state index in [0.717, 1.165) is 56.2 Å². The zero-order chi connectivity index (χ0) is 21.0. The second-order valence-corrected chi connectivity index (χ2v) is 9.06. The molecule has 0 bridgehead atoms. The van der Waals surface area contributed by atoms with Crippen molar-refractivity contribution in [2.45, 2.75) is 63.4 Å². The molecule has 1 aliphatic carbocycles. The topological polar surface area (TPSA) is 77.7 Å². The van der Waals surface area contributed by atoms with Gasteiger partial charge in [0.25, 0.3) is 5.89 Å². The zero-order valence-electron chi connectivity index (χ0n) is 18.0. The van der Waals surface area contributed by atoms with Crippen LogP contribution in [-0.2, 0) is 9.53 Å². The summed E-state index contributed by atoms with van der Waals surface area (Å²) in [6, 6.07) is 7.80. The molecule has 31 heavy (non-hydrogen) atoms. The Hall–Kier alpha value is -2.41. The lowest BCUT2D eigenvalue weighted by atomic mass is 10.00. The van der Waals surface area contributed by atoms with E-state index in [0.29, 0.717) is 24.8 Å². The van der Waals surface area contributed by atoms with E-state index in [1.54, 1.807) is 0 Å². The number of amides is 1. The van der Waals surface area contributed by atoms with Gasteiger partial charge < -0.3 is 18.9 Å². The number of likely N-dealkylation sites (tertiary alicyclic amines) is 1. The van der Waals surface area contributed by atoms with E-state index in [4.69, 9.17) is 14.0 Å². The van der Waals surface area contributed by atoms with Gasteiger partial charge in [-0.3, -0.25) is 4.79 Å². The summed E-state index contributed by atoms with van der Waals surface area (Å²) in [5, 5.41) is 4.22. The molecule has 1 atom stereocenters. The van der Waals surface area contributed by atoms with Gasteiger partial charge in [-0.1, -0.05) is 30.1 Å². The van der Waals surface area contributed by atoms with Crippen molar-refractivity contribution in [2.75, 3.05) is 26.3 Å². The fraction of sp³-hybridized carbons (Fsp3) is 0.625. The molecular weight excluding hydrogens is 394 g/mol. The lowest BCUT2D eigenvalue weighted by Crippen LogP contribution is -2.31. The molecule has 1 saturated carbocycles. The van der Waals surface area contributed by atoms with Gasteiger partial charge in [0, 0.05) is 38.5 Å². The molecule has 166 valence electrons. The Morgan fingerprint density at radius 1 is 1.10 bits per heavy atom. The van der Waals surface area contributed by atoms with E-state index in [1.165, 1.54) is 25.7 Å². The van der Waals surface area contributed by atoms with Crippen LogP contribution in [0, 0.1) is 5.92 Å². The van der Waals surface area contributed by atoms with Gasteiger partial charge in [-0.2, -0.15) is 4.98 Å². The van der Waals surface area contributed by atoms with Gasteiger partial charge in [-0.15, -0.1) is 0 Å². The number of benzene rings is 1. The SMILES string of the molecule is O=C(CC1CCCC1)N1CCC(Oc2ccccc2-c2nc(C3CCOCC3)no2)C1. The van der Waals surface area contributed by atoms with Gasteiger partial charge in [-0.25, -0.2) is 0 Å². The highest BCUT2D eigenvalue weighted by molar-refractivity contribution is 5.76. The number of aromatic nitrogens is 2. The van der Waals surface area contributed by atoms with Gasteiger partial charge in [0.15, 0.2) is 5.82 Å². The first-order valence-electron chi connectivity index (χ1n) is 11.7. The van der Waals surface area contributed by atoms with Crippen molar-refractivity contribution in [3.8, 4) is 17.2 Å². The quantitative estimate of drug-likeness (QED) is 0.691. The number of hydrogen-bond donors (Lipinski definition) is 0. The monoisotopic (exact) mass is 425 g/mol. The number of nitrogens with zero attached hydrogens (tertiary/aromatic N) is 3. The largest absolute Gasteiger partial charge is 0.488 e. The van der Waals surface area contributed by atoms with E-state index in [2.05, 4.69) is 10.1 Å². The highest BCUT2D eigenvalue weighted by Gasteiger charge is 2.30. The minimum atomic E-state index is -0.00781. The fourth-order valence-electron chi connectivity index (χ4n) is 5.03. The second kappa shape index (κ2) is 9.39. The molecular formula is C24H31N3O4. The molecule has 3 fully saturated rings. The molecule has 0 N–H and O–H groups in total. The van der Waals surface area contributed by atoms with Crippen LogP contribution in [0.15, 0.2) is 28.8 Å². The Balaban J connectivity index is 1.23. The third kappa shape index (κ3) is 4.76. The van der Waals surface area contributed by atoms with E-state index in [-0.39, 0.29) is 17.9 Å². The Labute approximate surface area is 183 Å². The summed E-state index contributed by atoms with van der Waals surface area (Å²) in [4.78, 5) is 19.3. The van der Waals surface area contributed by atoms with E-state index >= 15 is 0 Å². The Morgan fingerprint density at radius 3 is 2.74 bits per heavy atom. The maximum absolute atomic E-state index is 12.7. The molecule has 2 aromatic rings. The maximum atomic E-state index is 12.7. The van der Waals surface area contributed by atoms with Gasteiger partial charge in [0.1, 0.15) is 11.9 Å². The third-order valence-electron chi connectivity index (χ3n) is 6.88. The normalized spacial score (nSPS) is 22.8. The summed E-state index contributed by atoms with van der Waals surface area (Å²) in [6.07, 6.45) is 8.32. The predicted octanol–water partition coefficient (Wildman–Crippen LogP) is 4.19. The van der Waals surface area contributed by atoms with Gasteiger partial charge in [0.05, 0.1) is 12.1 Å². The van der Waals surface area contributed by atoms with Crippen molar-refractivity contribution in [2.24, 2.45) is 5.92 Å². The van der Waals surface area contributed by atoms with Crippen LogP contribution >= 0.6 is 0 Å². The highest BCUT2D eigenvalue weighted by atomic mass is 16.5. The lowest BCUT2D eigenvalue weighted by Gasteiger charge is -2.19. The summed E-state index contributed by atoms with van der Waals surface area (Å²) in [6.45, 7) is 2.90. The molecule has 7 nitrogen and oxygen atoms in total. The number of rotatable bonds is 6. The van der Waals surface area contributed by atoms with Crippen molar-refractivity contribution in [1.29, 1.82) is 0 Å². The molecule has 1 unspecified atom stereocenters. The summed E-state index contributed by atoms with van der Waals surface area (Å²) in [7, 11) is 0. The minimum Gasteiger partial charge on any atom is -0.488 e. The van der Waals surface area contributed by atoms with Gasteiger partial charge in [0.2, 0.25) is 5.91 Å². The van der Waals surface area contributed by atoms with Crippen LogP contribution in [0.4, 0.5) is 0 Å². The average molecular weight is 426 g/mol. The molecule has 5 rings (SSSR count). The average Bonchev–Trinajstić information content (AvgIpc) is 3.57. The molecule has 1 amide bonds. The minimum absolute atomic E-state index is 0.00781. The van der Waals surface area contributed by atoms with Crippen LogP contribution in [0.3, 0.4) is 0 Å². The summed E-state index contributed by atoms with van der Waals surface area (Å²) >= 11 is 0. The molecule has 2 aliphatic heterocycles. The number of hydrogen-bond acceptors (Lipinski definition) is 6.